The second-order valence-corrected chi connectivity index (χ2v) is 5.86. The highest BCUT2D eigenvalue weighted by Gasteiger charge is 2.27. The first-order valence-corrected chi connectivity index (χ1v) is 8.11. The molecule has 24 heavy (non-hydrogen) atoms. The van der Waals surface area contributed by atoms with Crippen molar-refractivity contribution >= 4 is 5.97 Å². The summed E-state index contributed by atoms with van der Waals surface area (Å²) < 4.78 is 11.5. The van der Waals surface area contributed by atoms with Crippen molar-refractivity contribution in [3.05, 3.63) is 54.6 Å². The van der Waals surface area contributed by atoms with Gasteiger partial charge in [-0.1, -0.05) is 18.2 Å². The van der Waals surface area contributed by atoms with Crippen LogP contribution in [0.4, 0.5) is 0 Å². The number of carboxylic acids is 1. The number of benzene rings is 2. The lowest BCUT2D eigenvalue weighted by Gasteiger charge is -2.15. The smallest absolute Gasteiger partial charge is 0.307 e. The van der Waals surface area contributed by atoms with Gasteiger partial charge in [-0.15, -0.1) is 0 Å². The molecule has 0 radical (unpaired) electrons. The van der Waals surface area contributed by atoms with Gasteiger partial charge in [-0.05, 0) is 49.4 Å². The lowest BCUT2D eigenvalue weighted by Crippen LogP contribution is -2.27. The van der Waals surface area contributed by atoms with Gasteiger partial charge in [0.1, 0.15) is 23.9 Å². The fourth-order valence-corrected chi connectivity index (χ4v) is 2.76. The van der Waals surface area contributed by atoms with Crippen molar-refractivity contribution < 1.29 is 19.4 Å². The minimum absolute atomic E-state index is 0.237. The van der Waals surface area contributed by atoms with Gasteiger partial charge < -0.3 is 14.6 Å². The van der Waals surface area contributed by atoms with Gasteiger partial charge in [0.05, 0.1) is 5.92 Å². The van der Waals surface area contributed by atoms with E-state index in [1.807, 2.05) is 54.6 Å². The van der Waals surface area contributed by atoms with Crippen LogP contribution in [-0.4, -0.2) is 42.2 Å². The van der Waals surface area contributed by atoms with Gasteiger partial charge in [0.15, 0.2) is 0 Å². The highest BCUT2D eigenvalue weighted by atomic mass is 16.5. The highest BCUT2D eigenvalue weighted by molar-refractivity contribution is 5.70. The quantitative estimate of drug-likeness (QED) is 0.846. The van der Waals surface area contributed by atoms with E-state index in [-0.39, 0.29) is 5.92 Å². The molecule has 1 saturated heterocycles. The molecule has 0 aromatic heterocycles. The van der Waals surface area contributed by atoms with Gasteiger partial charge in [-0.3, -0.25) is 9.69 Å². The molecule has 3 rings (SSSR count). The average molecular weight is 327 g/mol. The molecule has 5 nitrogen and oxygen atoms in total. The fourth-order valence-electron chi connectivity index (χ4n) is 2.76. The maximum Gasteiger partial charge on any atom is 0.307 e. The second-order valence-electron chi connectivity index (χ2n) is 5.86. The number of carbonyl (C=O) groups is 1. The zero-order valence-electron chi connectivity index (χ0n) is 13.4. The Morgan fingerprint density at radius 2 is 1.71 bits per heavy atom. The fraction of sp³-hybridized carbons (Fsp3) is 0.316. The Bertz CT molecular complexity index is 657. The normalized spacial score (nSPS) is 17.6. The molecular formula is C19H21NO4. The van der Waals surface area contributed by atoms with Crippen molar-refractivity contribution in [2.45, 2.75) is 6.42 Å². The van der Waals surface area contributed by atoms with Gasteiger partial charge in [-0.2, -0.15) is 0 Å². The summed E-state index contributed by atoms with van der Waals surface area (Å²) in [4.78, 5) is 13.1. The SMILES string of the molecule is O=C(O)C1CCN(CCOc2ccc(Oc3ccccc3)cc2)C1. The zero-order valence-corrected chi connectivity index (χ0v) is 13.4. The van der Waals surface area contributed by atoms with E-state index in [0.717, 1.165) is 36.8 Å². The van der Waals surface area contributed by atoms with E-state index in [2.05, 4.69) is 4.90 Å². The van der Waals surface area contributed by atoms with Gasteiger partial charge in [0, 0.05) is 13.1 Å². The summed E-state index contributed by atoms with van der Waals surface area (Å²) in [7, 11) is 0. The second kappa shape index (κ2) is 7.84. The van der Waals surface area contributed by atoms with E-state index in [1.54, 1.807) is 0 Å². The van der Waals surface area contributed by atoms with Gasteiger partial charge >= 0.3 is 5.97 Å². The Hall–Kier alpha value is -2.53. The molecule has 0 saturated carbocycles. The largest absolute Gasteiger partial charge is 0.492 e. The number of rotatable bonds is 7. The zero-order chi connectivity index (χ0) is 16.8. The van der Waals surface area contributed by atoms with Crippen LogP contribution in [0.15, 0.2) is 54.6 Å². The number of hydrogen-bond acceptors (Lipinski definition) is 4. The van der Waals surface area contributed by atoms with Crippen molar-refractivity contribution in [1.82, 2.24) is 4.90 Å². The molecule has 2 aromatic rings. The minimum Gasteiger partial charge on any atom is -0.492 e. The van der Waals surface area contributed by atoms with E-state index in [9.17, 15) is 4.79 Å². The Morgan fingerprint density at radius 1 is 1.04 bits per heavy atom. The molecule has 1 fully saturated rings. The van der Waals surface area contributed by atoms with Gasteiger partial charge in [-0.25, -0.2) is 0 Å². The summed E-state index contributed by atoms with van der Waals surface area (Å²) in [5, 5.41) is 9.00. The molecule has 0 bridgehead atoms. The molecule has 2 aromatic carbocycles. The van der Waals surface area contributed by atoms with Crippen LogP contribution in [0.1, 0.15) is 6.42 Å². The molecule has 5 heteroatoms. The van der Waals surface area contributed by atoms with E-state index in [1.165, 1.54) is 0 Å². The van der Waals surface area contributed by atoms with Crippen molar-refractivity contribution in [2.75, 3.05) is 26.2 Å². The summed E-state index contributed by atoms with van der Waals surface area (Å²) >= 11 is 0. The molecule has 0 amide bonds. The molecule has 1 heterocycles. The van der Waals surface area contributed by atoms with Crippen LogP contribution in [0, 0.1) is 5.92 Å². The molecule has 0 spiro atoms. The third-order valence-corrected chi connectivity index (χ3v) is 4.10. The predicted molar refractivity (Wildman–Crippen MR) is 90.6 cm³/mol. The Kier molecular flexibility index (Phi) is 5.33. The molecule has 1 unspecified atom stereocenters. The molecule has 1 aliphatic rings. The third kappa shape index (κ3) is 4.49. The minimum atomic E-state index is -0.701. The third-order valence-electron chi connectivity index (χ3n) is 4.10. The van der Waals surface area contributed by atoms with Crippen molar-refractivity contribution in [2.24, 2.45) is 5.92 Å². The summed E-state index contributed by atoms with van der Waals surface area (Å²) in [6.45, 7) is 2.73. The first kappa shape index (κ1) is 16.3. The summed E-state index contributed by atoms with van der Waals surface area (Å²) in [6, 6.07) is 17.1. The van der Waals surface area contributed by atoms with E-state index in [4.69, 9.17) is 14.6 Å². The molecule has 1 N–H and O–H groups in total. The van der Waals surface area contributed by atoms with Crippen LogP contribution in [0.2, 0.25) is 0 Å². The molecular weight excluding hydrogens is 306 g/mol. The van der Waals surface area contributed by atoms with Crippen LogP contribution in [0.5, 0.6) is 17.2 Å². The Balaban J connectivity index is 1.43. The first-order valence-electron chi connectivity index (χ1n) is 8.11. The standard InChI is InChI=1S/C19H21NO4/c21-19(22)15-10-11-20(14-15)12-13-23-16-6-8-18(9-7-16)24-17-4-2-1-3-5-17/h1-9,15H,10-14H2,(H,21,22). The monoisotopic (exact) mass is 327 g/mol. The van der Waals surface area contributed by atoms with Crippen LogP contribution in [-0.2, 0) is 4.79 Å². The average Bonchev–Trinajstić information content (AvgIpc) is 3.07. The molecule has 1 aliphatic heterocycles. The van der Waals surface area contributed by atoms with Crippen LogP contribution < -0.4 is 9.47 Å². The molecule has 1 atom stereocenters. The van der Waals surface area contributed by atoms with Crippen molar-refractivity contribution in [3.63, 3.8) is 0 Å². The Morgan fingerprint density at radius 3 is 2.38 bits per heavy atom. The van der Waals surface area contributed by atoms with Crippen LogP contribution in [0.25, 0.3) is 0 Å². The lowest BCUT2D eigenvalue weighted by molar-refractivity contribution is -0.141. The number of aliphatic carboxylic acids is 1. The summed E-state index contributed by atoms with van der Waals surface area (Å²) in [5.41, 5.74) is 0. The number of nitrogens with zero attached hydrogens (tertiary/aromatic N) is 1. The first-order chi connectivity index (χ1) is 11.7. The number of carboxylic acid groups (broad SMARTS) is 1. The van der Waals surface area contributed by atoms with Crippen molar-refractivity contribution in [3.8, 4) is 17.2 Å². The van der Waals surface area contributed by atoms with E-state index in [0.29, 0.717) is 13.2 Å². The number of hydrogen-bond donors (Lipinski definition) is 1. The van der Waals surface area contributed by atoms with Gasteiger partial charge in [0.2, 0.25) is 0 Å². The molecule has 0 aliphatic carbocycles. The maximum atomic E-state index is 10.9. The topological polar surface area (TPSA) is 59.0 Å². The number of ether oxygens (including phenoxy) is 2. The summed E-state index contributed by atoms with van der Waals surface area (Å²) in [6.07, 6.45) is 0.723. The molecule has 126 valence electrons. The van der Waals surface area contributed by atoms with Gasteiger partial charge in [0.25, 0.3) is 0 Å². The highest BCUT2D eigenvalue weighted by Crippen LogP contribution is 2.23. The number of likely N-dealkylation sites (tertiary alicyclic amines) is 1. The maximum absolute atomic E-state index is 10.9. The van der Waals surface area contributed by atoms with E-state index >= 15 is 0 Å². The Labute approximate surface area is 141 Å². The predicted octanol–water partition coefficient (Wildman–Crippen LogP) is 3.26. The van der Waals surface area contributed by atoms with Crippen LogP contribution in [0.3, 0.4) is 0 Å². The lowest BCUT2D eigenvalue weighted by atomic mass is 10.1. The van der Waals surface area contributed by atoms with Crippen LogP contribution >= 0.6 is 0 Å². The summed E-state index contributed by atoms with van der Waals surface area (Å²) in [5.74, 6) is 1.40. The number of para-hydroxylation sites is 1. The van der Waals surface area contributed by atoms with Crippen molar-refractivity contribution in [1.29, 1.82) is 0 Å². The van der Waals surface area contributed by atoms with E-state index < -0.39 is 5.97 Å².